The van der Waals surface area contributed by atoms with Gasteiger partial charge in [0.1, 0.15) is 0 Å². The van der Waals surface area contributed by atoms with Crippen LogP contribution in [0.2, 0.25) is 5.02 Å². The third-order valence-electron chi connectivity index (χ3n) is 2.54. The van der Waals surface area contributed by atoms with Crippen molar-refractivity contribution in [2.24, 2.45) is 0 Å². The van der Waals surface area contributed by atoms with E-state index in [0.717, 1.165) is 0 Å². The first-order valence-corrected chi connectivity index (χ1v) is 8.02. The summed E-state index contributed by atoms with van der Waals surface area (Å²) in [5, 5.41) is 8.85. The van der Waals surface area contributed by atoms with Gasteiger partial charge in [-0.05, 0) is 24.6 Å². The second-order valence-electron chi connectivity index (χ2n) is 3.98. The largest absolute Gasteiger partial charge is 0.320 e. The van der Waals surface area contributed by atoms with Crippen LogP contribution in [0.15, 0.2) is 29.4 Å². The summed E-state index contributed by atoms with van der Waals surface area (Å²) >= 11 is 5.98. The molecular weight excluding hydrogens is 325 g/mol. The van der Waals surface area contributed by atoms with Crippen LogP contribution in [0.3, 0.4) is 0 Å². The van der Waals surface area contributed by atoms with Gasteiger partial charge in [-0.25, -0.2) is 8.42 Å². The van der Waals surface area contributed by atoms with Gasteiger partial charge >= 0.3 is 0 Å². The highest BCUT2D eigenvalue weighted by Crippen LogP contribution is 2.31. The predicted molar refractivity (Wildman–Crippen MR) is 75.8 cm³/mol. The Labute approximate surface area is 124 Å². The van der Waals surface area contributed by atoms with Crippen LogP contribution in [0.25, 0.3) is 0 Å². The van der Waals surface area contributed by atoms with Crippen LogP contribution in [-0.2, 0) is 9.05 Å². The Bertz CT molecular complexity index is 734. The zero-order valence-corrected chi connectivity index (χ0v) is 12.5. The van der Waals surface area contributed by atoms with Gasteiger partial charge in [0, 0.05) is 16.9 Å². The number of hydrogen-bond donors (Lipinski definition) is 2. The van der Waals surface area contributed by atoms with Gasteiger partial charge in [0.05, 0.1) is 27.4 Å². The first kappa shape index (κ1) is 14.8. The molecule has 2 aromatic rings. The van der Waals surface area contributed by atoms with Gasteiger partial charge in [-0.2, -0.15) is 5.10 Å². The number of carbonyl (C=O) groups excluding carboxylic acids is 1. The maximum absolute atomic E-state index is 11.9. The smallest absolute Gasteiger partial charge is 0.261 e. The number of aryl methyl sites for hydroxylation is 1. The van der Waals surface area contributed by atoms with E-state index in [4.69, 9.17) is 22.3 Å². The van der Waals surface area contributed by atoms with Crippen LogP contribution in [0.5, 0.6) is 0 Å². The third-order valence-corrected chi connectivity index (χ3v) is 4.17. The lowest BCUT2D eigenvalue weighted by Crippen LogP contribution is -2.12. The number of nitrogens with zero attached hydrogens (tertiary/aromatic N) is 1. The Morgan fingerprint density at radius 3 is 2.60 bits per heavy atom. The van der Waals surface area contributed by atoms with Gasteiger partial charge in [0.15, 0.2) is 0 Å². The molecule has 1 amide bonds. The van der Waals surface area contributed by atoms with Crippen LogP contribution in [0, 0.1) is 6.92 Å². The number of hydrogen-bond acceptors (Lipinski definition) is 4. The SMILES string of the molecule is Cc1cc(S(=O)(=O)Cl)cc(Cl)c1NC(=O)c1cn[nH]c1. The van der Waals surface area contributed by atoms with Crippen LogP contribution in [0.1, 0.15) is 15.9 Å². The Morgan fingerprint density at radius 2 is 2.10 bits per heavy atom. The van der Waals surface area contributed by atoms with Crippen LogP contribution in [0.4, 0.5) is 5.69 Å². The van der Waals surface area contributed by atoms with Crippen molar-refractivity contribution < 1.29 is 13.2 Å². The number of aromatic amines is 1. The average molecular weight is 334 g/mol. The monoisotopic (exact) mass is 333 g/mol. The molecule has 2 rings (SSSR count). The molecule has 0 unspecified atom stereocenters. The molecule has 106 valence electrons. The summed E-state index contributed by atoms with van der Waals surface area (Å²) in [6, 6.07) is 2.51. The molecule has 0 saturated heterocycles. The van der Waals surface area contributed by atoms with E-state index in [9.17, 15) is 13.2 Å². The maximum Gasteiger partial charge on any atom is 0.261 e. The summed E-state index contributed by atoms with van der Waals surface area (Å²) in [4.78, 5) is 11.8. The number of carbonyl (C=O) groups is 1. The molecule has 0 aliphatic carbocycles. The van der Waals surface area contributed by atoms with Crippen molar-refractivity contribution >= 4 is 42.9 Å². The van der Waals surface area contributed by atoms with Crippen molar-refractivity contribution in [1.29, 1.82) is 0 Å². The highest BCUT2D eigenvalue weighted by atomic mass is 35.7. The van der Waals surface area contributed by atoms with E-state index < -0.39 is 15.0 Å². The van der Waals surface area contributed by atoms with Gasteiger partial charge in [0.2, 0.25) is 0 Å². The number of H-pyrrole nitrogens is 1. The molecule has 1 aromatic carbocycles. The number of rotatable bonds is 3. The molecule has 1 heterocycles. The molecule has 6 nitrogen and oxygen atoms in total. The summed E-state index contributed by atoms with van der Waals surface area (Å²) in [7, 11) is 1.38. The van der Waals surface area contributed by atoms with Gasteiger partial charge in [0.25, 0.3) is 15.0 Å². The molecule has 0 aliphatic rings. The summed E-state index contributed by atoms with van der Waals surface area (Å²) in [5.74, 6) is -0.412. The zero-order chi connectivity index (χ0) is 14.9. The van der Waals surface area contributed by atoms with Crippen LogP contribution in [-0.4, -0.2) is 24.5 Å². The summed E-state index contributed by atoms with van der Waals surface area (Å²) < 4.78 is 22.5. The van der Waals surface area contributed by atoms with E-state index in [1.807, 2.05) is 0 Å². The molecule has 2 N–H and O–H groups in total. The van der Waals surface area contributed by atoms with E-state index in [-0.39, 0.29) is 9.92 Å². The standard InChI is InChI=1S/C11H9Cl2N3O3S/c1-6-2-8(20(13,18)19)3-9(12)10(6)16-11(17)7-4-14-15-5-7/h2-5H,1H3,(H,14,15)(H,16,17). The van der Waals surface area contributed by atoms with Gasteiger partial charge in [-0.1, -0.05) is 11.6 Å². The number of anilines is 1. The van der Waals surface area contributed by atoms with Crippen molar-refractivity contribution in [3.8, 4) is 0 Å². The minimum atomic E-state index is -3.88. The van der Waals surface area contributed by atoms with E-state index in [1.165, 1.54) is 24.5 Å². The molecule has 9 heteroatoms. The molecule has 1 aromatic heterocycles. The first-order chi connectivity index (χ1) is 9.29. The molecule has 0 bridgehead atoms. The van der Waals surface area contributed by atoms with E-state index in [1.54, 1.807) is 6.92 Å². The van der Waals surface area contributed by atoms with Crippen molar-refractivity contribution in [2.75, 3.05) is 5.32 Å². The minimum Gasteiger partial charge on any atom is -0.320 e. The van der Waals surface area contributed by atoms with E-state index >= 15 is 0 Å². The molecule has 0 aliphatic heterocycles. The Kier molecular flexibility index (Phi) is 4.03. The molecule has 0 spiro atoms. The molecule has 0 radical (unpaired) electrons. The van der Waals surface area contributed by atoms with Gasteiger partial charge in [-0.3, -0.25) is 9.89 Å². The lowest BCUT2D eigenvalue weighted by atomic mass is 10.2. The second kappa shape index (κ2) is 5.43. The Hall–Kier alpha value is -1.57. The molecule has 0 fully saturated rings. The Balaban J connectivity index is 2.37. The molecule has 0 saturated carbocycles. The van der Waals surface area contributed by atoms with Crippen molar-refractivity contribution in [2.45, 2.75) is 11.8 Å². The number of nitrogens with one attached hydrogen (secondary N) is 2. The molecular formula is C11H9Cl2N3O3S. The fraction of sp³-hybridized carbons (Fsp3) is 0.0909. The highest BCUT2D eigenvalue weighted by Gasteiger charge is 2.17. The average Bonchev–Trinajstić information content (AvgIpc) is 2.85. The molecule has 20 heavy (non-hydrogen) atoms. The fourth-order valence-electron chi connectivity index (χ4n) is 1.57. The fourth-order valence-corrected chi connectivity index (χ4v) is 2.79. The number of halogens is 2. The number of benzene rings is 1. The van der Waals surface area contributed by atoms with Gasteiger partial charge in [-0.15, -0.1) is 0 Å². The minimum absolute atomic E-state index is 0.0843. The topological polar surface area (TPSA) is 91.9 Å². The third kappa shape index (κ3) is 3.12. The van der Waals surface area contributed by atoms with Gasteiger partial charge < -0.3 is 5.32 Å². The van der Waals surface area contributed by atoms with Crippen molar-refractivity contribution in [3.05, 3.63) is 40.7 Å². The van der Waals surface area contributed by atoms with Crippen molar-refractivity contribution in [3.63, 3.8) is 0 Å². The zero-order valence-electron chi connectivity index (χ0n) is 10.1. The normalized spacial score (nSPS) is 11.3. The van der Waals surface area contributed by atoms with Crippen LogP contribution < -0.4 is 5.32 Å². The lowest BCUT2D eigenvalue weighted by molar-refractivity contribution is 0.102. The molecule has 0 atom stereocenters. The predicted octanol–water partition coefficient (Wildman–Crippen LogP) is 2.55. The second-order valence-corrected chi connectivity index (χ2v) is 6.95. The quantitative estimate of drug-likeness (QED) is 0.844. The van der Waals surface area contributed by atoms with E-state index in [2.05, 4.69) is 15.5 Å². The Morgan fingerprint density at radius 1 is 1.40 bits per heavy atom. The summed E-state index contributed by atoms with van der Waals surface area (Å²) in [6.07, 6.45) is 2.78. The first-order valence-electron chi connectivity index (χ1n) is 5.34. The number of aromatic nitrogens is 2. The maximum atomic E-state index is 11.9. The van der Waals surface area contributed by atoms with Crippen molar-refractivity contribution in [1.82, 2.24) is 10.2 Å². The lowest BCUT2D eigenvalue weighted by Gasteiger charge is -2.11. The highest BCUT2D eigenvalue weighted by molar-refractivity contribution is 8.13. The van der Waals surface area contributed by atoms with E-state index in [0.29, 0.717) is 16.8 Å². The summed E-state index contributed by atoms with van der Waals surface area (Å²) in [5.41, 5.74) is 1.13. The van der Waals surface area contributed by atoms with Crippen LogP contribution >= 0.6 is 22.3 Å². The number of amides is 1. The summed E-state index contributed by atoms with van der Waals surface area (Å²) in [6.45, 7) is 1.61.